The van der Waals surface area contributed by atoms with Crippen molar-refractivity contribution in [3.63, 3.8) is 0 Å². The van der Waals surface area contributed by atoms with E-state index in [0.717, 1.165) is 5.82 Å². The van der Waals surface area contributed by atoms with Crippen molar-refractivity contribution in [1.82, 2.24) is 5.32 Å². The predicted molar refractivity (Wildman–Crippen MR) is 33.9 cm³/mol. The molecule has 42 valence electrons. The number of nitrogens with zero attached hydrogens (tertiary/aromatic N) is 2. The monoisotopic (exact) mass is 109 g/mol. The van der Waals surface area contributed by atoms with Crippen molar-refractivity contribution in [2.75, 3.05) is 0 Å². The van der Waals surface area contributed by atoms with Gasteiger partial charge in [-0.15, -0.1) is 0 Å². The van der Waals surface area contributed by atoms with Crippen molar-refractivity contribution >= 4 is 12.7 Å². The highest BCUT2D eigenvalue weighted by Crippen LogP contribution is 1.96. The minimum atomic E-state index is 0.753. The van der Waals surface area contributed by atoms with E-state index in [-0.39, 0.29) is 0 Å². The van der Waals surface area contributed by atoms with Crippen LogP contribution in [0.1, 0.15) is 6.92 Å². The second kappa shape index (κ2) is 2.26. The zero-order valence-electron chi connectivity index (χ0n) is 4.63. The molecular weight excluding hydrogens is 102 g/mol. The summed E-state index contributed by atoms with van der Waals surface area (Å²) in [6, 6.07) is 0. The van der Waals surface area contributed by atoms with Gasteiger partial charge in [0.1, 0.15) is 0 Å². The smallest absolute Gasteiger partial charge is 0.151 e. The Morgan fingerprint density at radius 2 is 2.12 bits per heavy atom. The molecule has 3 heteroatoms. The zero-order valence-corrected chi connectivity index (χ0v) is 4.63. The average molecular weight is 109 g/mol. The number of hydrogen-bond donors (Lipinski definition) is 1. The predicted octanol–water partition coefficient (Wildman–Crippen LogP) is 0.508. The van der Waals surface area contributed by atoms with Crippen LogP contribution in [0.2, 0.25) is 0 Å². The van der Waals surface area contributed by atoms with Crippen LogP contribution in [-0.4, -0.2) is 12.7 Å². The molecule has 0 aromatic carbocycles. The minimum absolute atomic E-state index is 0.753. The molecule has 0 aromatic heterocycles. The van der Waals surface area contributed by atoms with E-state index in [2.05, 4.69) is 15.3 Å². The Kier molecular flexibility index (Phi) is 1.42. The lowest BCUT2D eigenvalue weighted by Crippen LogP contribution is -2.10. The summed E-state index contributed by atoms with van der Waals surface area (Å²) in [6.45, 7) is 1.90. The van der Waals surface area contributed by atoms with Crippen LogP contribution < -0.4 is 5.32 Å². The SMILES string of the molecule is CC=C1N=CNC=N1. The molecule has 0 aromatic rings. The van der Waals surface area contributed by atoms with Crippen LogP contribution in [0.3, 0.4) is 0 Å². The molecule has 0 amide bonds. The molecule has 0 spiro atoms. The van der Waals surface area contributed by atoms with Gasteiger partial charge in [0.15, 0.2) is 5.82 Å². The van der Waals surface area contributed by atoms with Crippen LogP contribution >= 0.6 is 0 Å². The standard InChI is InChI=1S/C5H7N3/c1-2-5-7-3-6-4-8-5/h2-4H,1H3,(H,6,7,8). The van der Waals surface area contributed by atoms with Gasteiger partial charge in [0, 0.05) is 0 Å². The van der Waals surface area contributed by atoms with E-state index in [1.807, 2.05) is 13.0 Å². The molecule has 1 rings (SSSR count). The Bertz CT molecular complexity index is 141. The van der Waals surface area contributed by atoms with Crippen LogP contribution in [-0.2, 0) is 0 Å². The van der Waals surface area contributed by atoms with Gasteiger partial charge in [0.2, 0.25) is 0 Å². The van der Waals surface area contributed by atoms with Gasteiger partial charge in [-0.3, -0.25) is 0 Å². The molecule has 0 aliphatic carbocycles. The van der Waals surface area contributed by atoms with Crippen molar-refractivity contribution in [1.29, 1.82) is 0 Å². The molecule has 1 heterocycles. The Morgan fingerprint density at radius 1 is 1.50 bits per heavy atom. The van der Waals surface area contributed by atoms with Gasteiger partial charge in [-0.2, -0.15) is 0 Å². The Labute approximate surface area is 47.8 Å². The first-order valence-electron chi connectivity index (χ1n) is 2.41. The van der Waals surface area contributed by atoms with Gasteiger partial charge < -0.3 is 5.32 Å². The van der Waals surface area contributed by atoms with Gasteiger partial charge in [0.25, 0.3) is 0 Å². The Balaban J connectivity index is 2.69. The second-order valence-corrected chi connectivity index (χ2v) is 1.33. The summed E-state index contributed by atoms with van der Waals surface area (Å²) in [7, 11) is 0. The van der Waals surface area contributed by atoms with E-state index >= 15 is 0 Å². The number of rotatable bonds is 0. The summed E-state index contributed by atoms with van der Waals surface area (Å²) in [5, 5.41) is 2.72. The van der Waals surface area contributed by atoms with Crippen molar-refractivity contribution < 1.29 is 0 Å². The van der Waals surface area contributed by atoms with Gasteiger partial charge >= 0.3 is 0 Å². The van der Waals surface area contributed by atoms with Gasteiger partial charge in [-0.25, -0.2) is 9.98 Å². The summed E-state index contributed by atoms with van der Waals surface area (Å²) in [5.74, 6) is 0.753. The molecule has 8 heavy (non-hydrogen) atoms. The van der Waals surface area contributed by atoms with Gasteiger partial charge in [0.05, 0.1) is 12.7 Å². The second-order valence-electron chi connectivity index (χ2n) is 1.33. The highest BCUT2D eigenvalue weighted by Gasteiger charge is 1.86. The molecule has 0 fully saturated rings. The van der Waals surface area contributed by atoms with Crippen molar-refractivity contribution in [3.8, 4) is 0 Å². The third kappa shape index (κ3) is 0.932. The third-order valence-corrected chi connectivity index (χ3v) is 0.801. The molecule has 0 radical (unpaired) electrons. The highest BCUT2D eigenvalue weighted by atomic mass is 15.1. The van der Waals surface area contributed by atoms with Crippen LogP contribution in [0, 0.1) is 0 Å². The van der Waals surface area contributed by atoms with Crippen LogP contribution in [0.25, 0.3) is 0 Å². The number of aliphatic imine (C=N–C) groups is 2. The molecule has 0 unspecified atom stereocenters. The molecule has 3 nitrogen and oxygen atoms in total. The van der Waals surface area contributed by atoms with E-state index < -0.39 is 0 Å². The summed E-state index contributed by atoms with van der Waals surface area (Å²) >= 11 is 0. The molecule has 1 aliphatic heterocycles. The molecule has 1 aliphatic rings. The van der Waals surface area contributed by atoms with Crippen LogP contribution in [0.5, 0.6) is 0 Å². The van der Waals surface area contributed by atoms with Crippen molar-refractivity contribution in [2.24, 2.45) is 9.98 Å². The number of hydrogen-bond acceptors (Lipinski definition) is 3. The maximum absolute atomic E-state index is 3.88. The van der Waals surface area contributed by atoms with Crippen LogP contribution in [0.4, 0.5) is 0 Å². The highest BCUT2D eigenvalue weighted by molar-refractivity contribution is 5.78. The number of allylic oxidation sites excluding steroid dienone is 1. The average Bonchev–Trinajstić information content (AvgIpc) is 1.90. The van der Waals surface area contributed by atoms with E-state index in [4.69, 9.17) is 0 Å². The van der Waals surface area contributed by atoms with Crippen LogP contribution in [0.15, 0.2) is 21.9 Å². The molecule has 0 atom stereocenters. The topological polar surface area (TPSA) is 36.8 Å². The first kappa shape index (κ1) is 5.03. The lowest BCUT2D eigenvalue weighted by atomic mass is 10.6. The fourth-order valence-electron chi connectivity index (χ4n) is 0.423. The molecule has 0 bridgehead atoms. The summed E-state index contributed by atoms with van der Waals surface area (Å²) < 4.78 is 0. The summed E-state index contributed by atoms with van der Waals surface area (Å²) in [4.78, 5) is 7.75. The van der Waals surface area contributed by atoms with E-state index in [9.17, 15) is 0 Å². The first-order valence-corrected chi connectivity index (χ1v) is 2.41. The Morgan fingerprint density at radius 3 is 2.50 bits per heavy atom. The van der Waals surface area contributed by atoms with Gasteiger partial charge in [-0.1, -0.05) is 0 Å². The van der Waals surface area contributed by atoms with E-state index in [1.165, 1.54) is 0 Å². The lowest BCUT2D eigenvalue weighted by Gasteiger charge is -1.96. The maximum Gasteiger partial charge on any atom is 0.151 e. The lowest BCUT2D eigenvalue weighted by molar-refractivity contribution is 1.17. The van der Waals surface area contributed by atoms with Crippen molar-refractivity contribution in [2.45, 2.75) is 6.92 Å². The summed E-state index contributed by atoms with van der Waals surface area (Å²) in [6.07, 6.45) is 5.04. The molecule has 1 N–H and O–H groups in total. The quantitative estimate of drug-likeness (QED) is 0.483. The summed E-state index contributed by atoms with van der Waals surface area (Å²) in [5.41, 5.74) is 0. The maximum atomic E-state index is 3.88. The first-order chi connectivity index (χ1) is 3.93. The third-order valence-electron chi connectivity index (χ3n) is 0.801. The number of nitrogens with one attached hydrogen (secondary N) is 1. The van der Waals surface area contributed by atoms with Gasteiger partial charge in [-0.05, 0) is 13.0 Å². The van der Waals surface area contributed by atoms with E-state index in [1.54, 1.807) is 12.7 Å². The molecule has 0 saturated heterocycles. The Hall–Kier alpha value is -1.12. The van der Waals surface area contributed by atoms with E-state index in [0.29, 0.717) is 0 Å². The molecular formula is C5H7N3. The fourth-order valence-corrected chi connectivity index (χ4v) is 0.423. The molecule has 0 saturated carbocycles. The van der Waals surface area contributed by atoms with Crippen molar-refractivity contribution in [3.05, 3.63) is 11.9 Å². The zero-order chi connectivity index (χ0) is 5.82. The largest absolute Gasteiger partial charge is 0.337 e. The minimum Gasteiger partial charge on any atom is -0.337 e. The normalized spacial score (nSPS) is 15.9. The fraction of sp³-hybridized carbons (Fsp3) is 0.200.